The van der Waals surface area contributed by atoms with Gasteiger partial charge in [0, 0.05) is 43.8 Å². The quantitative estimate of drug-likeness (QED) is 0.758. The van der Waals surface area contributed by atoms with Crippen LogP contribution in [0, 0.1) is 0 Å². The predicted molar refractivity (Wildman–Crippen MR) is 109 cm³/mol. The van der Waals surface area contributed by atoms with E-state index in [4.69, 9.17) is 4.74 Å². The summed E-state index contributed by atoms with van der Waals surface area (Å²) in [5, 5.41) is 1.06. The van der Waals surface area contributed by atoms with E-state index in [1.54, 1.807) is 0 Å². The van der Waals surface area contributed by atoms with Crippen molar-refractivity contribution >= 4 is 22.6 Å². The highest BCUT2D eigenvalue weighted by Crippen LogP contribution is 2.31. The minimum Gasteiger partial charge on any atom is -0.485 e. The van der Waals surface area contributed by atoms with Crippen LogP contribution in [0.4, 0.5) is 5.82 Å². The Kier molecular flexibility index (Phi) is 4.39. The first kappa shape index (κ1) is 17.1. The number of anilines is 1. The third-order valence-electron chi connectivity index (χ3n) is 5.70. The molecule has 1 unspecified atom stereocenters. The number of carbonyl (C=O) groups is 1. The number of rotatable bonds is 4. The monoisotopic (exact) mass is 376 g/mol. The second-order valence-corrected chi connectivity index (χ2v) is 7.55. The van der Waals surface area contributed by atoms with Crippen molar-refractivity contribution in [2.45, 2.75) is 25.4 Å². The van der Waals surface area contributed by atoms with Gasteiger partial charge in [-0.3, -0.25) is 4.79 Å². The van der Waals surface area contributed by atoms with Gasteiger partial charge in [0.15, 0.2) is 11.6 Å². The Labute approximate surface area is 164 Å². The molecular formula is C22H24N4O2. The number of aromatic nitrogens is 2. The van der Waals surface area contributed by atoms with Gasteiger partial charge >= 0.3 is 0 Å². The van der Waals surface area contributed by atoms with E-state index in [2.05, 4.69) is 14.9 Å². The van der Waals surface area contributed by atoms with Crippen LogP contribution < -0.4 is 9.64 Å². The highest BCUT2D eigenvalue weighted by Gasteiger charge is 2.30. The number of para-hydroxylation sites is 1. The van der Waals surface area contributed by atoms with Crippen LogP contribution in [0.1, 0.15) is 29.6 Å². The van der Waals surface area contributed by atoms with Crippen molar-refractivity contribution in [3.63, 3.8) is 0 Å². The summed E-state index contributed by atoms with van der Waals surface area (Å²) < 4.78 is 6.30. The Bertz CT molecular complexity index is 993. The van der Waals surface area contributed by atoms with Gasteiger partial charge < -0.3 is 19.5 Å². The van der Waals surface area contributed by atoms with E-state index in [9.17, 15) is 4.79 Å². The minimum atomic E-state index is -0.00246. The van der Waals surface area contributed by atoms with Crippen molar-refractivity contribution < 1.29 is 9.53 Å². The van der Waals surface area contributed by atoms with Crippen LogP contribution in [-0.2, 0) is 0 Å². The number of nitrogens with zero attached hydrogens (tertiary/aromatic N) is 3. The van der Waals surface area contributed by atoms with Crippen LogP contribution in [-0.4, -0.2) is 53.1 Å². The van der Waals surface area contributed by atoms with Gasteiger partial charge in [0.2, 0.25) is 0 Å². The highest BCUT2D eigenvalue weighted by atomic mass is 16.5. The van der Waals surface area contributed by atoms with Crippen LogP contribution >= 0.6 is 0 Å². The molecule has 2 fully saturated rings. The molecule has 2 aliphatic rings. The van der Waals surface area contributed by atoms with Crippen LogP contribution in [0.25, 0.3) is 10.9 Å². The van der Waals surface area contributed by atoms with Crippen LogP contribution in [0.2, 0.25) is 0 Å². The summed E-state index contributed by atoms with van der Waals surface area (Å²) >= 11 is 0. The van der Waals surface area contributed by atoms with Crippen molar-refractivity contribution in [2.24, 2.45) is 0 Å². The predicted octanol–water partition coefficient (Wildman–Crippen LogP) is 3.46. The van der Waals surface area contributed by atoms with Crippen LogP contribution in [0.5, 0.6) is 5.75 Å². The third kappa shape index (κ3) is 3.09. The van der Waals surface area contributed by atoms with Gasteiger partial charge in [0.25, 0.3) is 5.91 Å². The second kappa shape index (κ2) is 7.19. The maximum atomic E-state index is 13.1. The van der Waals surface area contributed by atoms with Crippen molar-refractivity contribution in [3.8, 4) is 5.75 Å². The number of H-pyrrole nitrogens is 1. The van der Waals surface area contributed by atoms with Crippen molar-refractivity contribution in [1.29, 1.82) is 0 Å². The number of benzene rings is 1. The number of nitrogens with one attached hydrogen (secondary N) is 1. The van der Waals surface area contributed by atoms with E-state index in [0.717, 1.165) is 47.5 Å². The van der Waals surface area contributed by atoms with Crippen LogP contribution in [0.15, 0.2) is 48.8 Å². The summed E-state index contributed by atoms with van der Waals surface area (Å²) in [7, 11) is 0. The van der Waals surface area contributed by atoms with Crippen molar-refractivity contribution in [2.75, 3.05) is 31.1 Å². The third-order valence-corrected chi connectivity index (χ3v) is 5.70. The lowest BCUT2D eigenvalue weighted by molar-refractivity contribution is 0.0774. The lowest BCUT2D eigenvalue weighted by Crippen LogP contribution is -2.31. The molecule has 1 aromatic carbocycles. The normalized spacial score (nSPS) is 19.5. The molecule has 3 aromatic rings. The topological polar surface area (TPSA) is 61.5 Å². The molecule has 2 aliphatic heterocycles. The Morgan fingerprint density at radius 3 is 2.89 bits per heavy atom. The maximum absolute atomic E-state index is 13.1. The smallest absolute Gasteiger partial charge is 0.256 e. The fraction of sp³-hybridized carbons (Fsp3) is 0.364. The fourth-order valence-corrected chi connectivity index (χ4v) is 4.26. The first-order valence-corrected chi connectivity index (χ1v) is 10.0. The number of hydrogen-bond acceptors (Lipinski definition) is 4. The zero-order chi connectivity index (χ0) is 18.9. The first-order valence-electron chi connectivity index (χ1n) is 10.0. The van der Waals surface area contributed by atoms with Crippen molar-refractivity contribution in [1.82, 2.24) is 14.9 Å². The van der Waals surface area contributed by atoms with E-state index >= 15 is 0 Å². The van der Waals surface area contributed by atoms with Crippen LogP contribution in [0.3, 0.4) is 0 Å². The summed E-state index contributed by atoms with van der Waals surface area (Å²) in [5.74, 6) is 1.82. The fourth-order valence-electron chi connectivity index (χ4n) is 4.26. The standard InChI is InChI=1S/C22H24N4O2/c27-22(18-6-3-5-16-8-11-23-20(16)18)26-14-9-17(15-26)28-19-7-4-10-24-21(19)25-12-1-2-13-25/h3-8,10-11,17,23H,1-2,9,12-15H2. The second-order valence-electron chi connectivity index (χ2n) is 7.55. The number of amides is 1. The molecule has 2 aromatic heterocycles. The molecule has 6 nitrogen and oxygen atoms in total. The molecular weight excluding hydrogens is 352 g/mol. The molecule has 4 heterocycles. The molecule has 0 saturated carbocycles. The van der Waals surface area contributed by atoms with E-state index in [1.807, 2.05) is 53.7 Å². The zero-order valence-corrected chi connectivity index (χ0v) is 15.8. The molecule has 0 bridgehead atoms. The number of carbonyl (C=O) groups excluding carboxylic acids is 1. The molecule has 1 N–H and O–H groups in total. The molecule has 6 heteroatoms. The van der Waals surface area contributed by atoms with E-state index in [-0.39, 0.29) is 12.0 Å². The zero-order valence-electron chi connectivity index (χ0n) is 15.8. The lowest BCUT2D eigenvalue weighted by Gasteiger charge is -2.22. The summed E-state index contributed by atoms with van der Waals surface area (Å²) in [4.78, 5) is 25.0. The SMILES string of the molecule is O=C(c1cccc2cc[nH]c12)N1CCC(Oc2cccnc2N2CCCC2)C1. The summed E-state index contributed by atoms with van der Waals surface area (Å²) in [6.45, 7) is 3.37. The summed E-state index contributed by atoms with van der Waals surface area (Å²) in [6, 6.07) is 11.7. The molecule has 2 saturated heterocycles. The van der Waals surface area contributed by atoms with Gasteiger partial charge in [-0.05, 0) is 37.1 Å². The molecule has 0 radical (unpaired) electrons. The van der Waals surface area contributed by atoms with Gasteiger partial charge in [0.1, 0.15) is 6.10 Å². The molecule has 1 atom stereocenters. The van der Waals surface area contributed by atoms with Crippen molar-refractivity contribution in [3.05, 3.63) is 54.4 Å². The Morgan fingerprint density at radius 1 is 1.11 bits per heavy atom. The number of fused-ring (bicyclic) bond motifs is 1. The Morgan fingerprint density at radius 2 is 2.00 bits per heavy atom. The molecule has 0 aliphatic carbocycles. The number of hydrogen-bond donors (Lipinski definition) is 1. The number of likely N-dealkylation sites (tertiary alicyclic amines) is 1. The van der Waals surface area contributed by atoms with E-state index in [1.165, 1.54) is 12.8 Å². The number of aromatic amines is 1. The Balaban J connectivity index is 1.30. The van der Waals surface area contributed by atoms with Gasteiger partial charge in [0.05, 0.1) is 17.6 Å². The molecule has 1 amide bonds. The largest absolute Gasteiger partial charge is 0.485 e. The van der Waals surface area contributed by atoms with Gasteiger partial charge in [-0.15, -0.1) is 0 Å². The number of ether oxygens (including phenoxy) is 1. The lowest BCUT2D eigenvalue weighted by atomic mass is 10.1. The van der Waals surface area contributed by atoms with E-state index < -0.39 is 0 Å². The van der Waals surface area contributed by atoms with Gasteiger partial charge in [-0.25, -0.2) is 4.98 Å². The van der Waals surface area contributed by atoms with Gasteiger partial charge in [-0.1, -0.05) is 12.1 Å². The molecule has 144 valence electrons. The first-order chi connectivity index (χ1) is 13.8. The minimum absolute atomic E-state index is 0.00246. The Hall–Kier alpha value is -3.02. The van der Waals surface area contributed by atoms with Gasteiger partial charge in [-0.2, -0.15) is 0 Å². The van der Waals surface area contributed by atoms with E-state index in [0.29, 0.717) is 13.1 Å². The molecule has 5 rings (SSSR count). The number of pyridine rings is 1. The maximum Gasteiger partial charge on any atom is 0.256 e. The summed E-state index contributed by atoms with van der Waals surface area (Å²) in [6.07, 6.45) is 6.93. The summed E-state index contributed by atoms with van der Waals surface area (Å²) in [5.41, 5.74) is 1.63. The highest BCUT2D eigenvalue weighted by molar-refractivity contribution is 6.05. The molecule has 0 spiro atoms. The average molecular weight is 376 g/mol. The molecule has 28 heavy (non-hydrogen) atoms. The average Bonchev–Trinajstić information content (AvgIpc) is 3.48.